The van der Waals surface area contributed by atoms with Crippen LogP contribution < -0.4 is 0 Å². The van der Waals surface area contributed by atoms with Crippen LogP contribution in [0.15, 0.2) is 34.8 Å². The molecule has 5 heteroatoms. The van der Waals surface area contributed by atoms with Crippen molar-refractivity contribution < 1.29 is 23.9 Å². The summed E-state index contributed by atoms with van der Waals surface area (Å²) in [5.74, 6) is -1.47. The van der Waals surface area contributed by atoms with E-state index in [4.69, 9.17) is 9.47 Å². The molecule has 0 aromatic carbocycles. The van der Waals surface area contributed by atoms with Crippen molar-refractivity contribution in [1.29, 1.82) is 0 Å². The predicted octanol–water partition coefficient (Wildman–Crippen LogP) is 6.13. The fraction of sp³-hybridized carbons (Fsp3) is 0.640. The molecule has 0 bridgehead atoms. The molecule has 30 heavy (non-hydrogen) atoms. The third-order valence-electron chi connectivity index (χ3n) is 5.28. The molecule has 168 valence electrons. The van der Waals surface area contributed by atoms with Crippen molar-refractivity contribution in [2.45, 2.75) is 97.8 Å². The van der Waals surface area contributed by atoms with Gasteiger partial charge in [-0.25, -0.2) is 0 Å². The van der Waals surface area contributed by atoms with Crippen molar-refractivity contribution in [1.82, 2.24) is 0 Å². The van der Waals surface area contributed by atoms with Crippen LogP contribution in [0.3, 0.4) is 0 Å². The highest BCUT2D eigenvalue weighted by molar-refractivity contribution is 6.23. The van der Waals surface area contributed by atoms with E-state index in [2.05, 4.69) is 19.1 Å². The van der Waals surface area contributed by atoms with Gasteiger partial charge in [0.05, 0.1) is 12.7 Å². The first-order chi connectivity index (χ1) is 14.4. The maximum Gasteiger partial charge on any atom is 0.308 e. The van der Waals surface area contributed by atoms with Gasteiger partial charge in [-0.05, 0) is 39.0 Å². The molecule has 0 radical (unpaired) electrons. The number of hydrogen-bond donors (Lipinski definition) is 0. The van der Waals surface area contributed by atoms with Gasteiger partial charge in [-0.1, -0.05) is 64.0 Å². The molecule has 0 aromatic rings. The van der Waals surface area contributed by atoms with Crippen molar-refractivity contribution in [3.63, 3.8) is 0 Å². The first-order valence-corrected chi connectivity index (χ1v) is 11.3. The molecule has 0 saturated heterocycles. The second kappa shape index (κ2) is 14.8. The fourth-order valence-corrected chi connectivity index (χ4v) is 3.55. The number of esters is 1. The molecule has 1 rings (SSSR count). The third-order valence-corrected chi connectivity index (χ3v) is 5.28. The van der Waals surface area contributed by atoms with Crippen LogP contribution in [0, 0.1) is 0 Å². The van der Waals surface area contributed by atoms with Crippen LogP contribution in [0.5, 0.6) is 0 Å². The third kappa shape index (κ3) is 8.68. The molecular weight excluding hydrogens is 380 g/mol. The molecular formula is C25H38O5. The van der Waals surface area contributed by atoms with Crippen molar-refractivity contribution in [2.24, 2.45) is 0 Å². The van der Waals surface area contributed by atoms with Gasteiger partial charge in [-0.3, -0.25) is 14.4 Å². The molecule has 0 unspecified atom stereocenters. The second-order valence-electron chi connectivity index (χ2n) is 7.84. The Balaban J connectivity index is 2.37. The quantitative estimate of drug-likeness (QED) is 0.138. The Hall–Kier alpha value is -2.17. The average Bonchev–Trinajstić information content (AvgIpc) is 2.71. The molecule has 0 heterocycles. The summed E-state index contributed by atoms with van der Waals surface area (Å²) >= 11 is 0. The highest BCUT2D eigenvalue weighted by Crippen LogP contribution is 2.29. The number of hydrogen-bond acceptors (Lipinski definition) is 5. The summed E-state index contributed by atoms with van der Waals surface area (Å²) in [4.78, 5) is 36.5. The van der Waals surface area contributed by atoms with E-state index in [1.165, 1.54) is 72.3 Å². The lowest BCUT2D eigenvalue weighted by Gasteiger charge is -2.20. The summed E-state index contributed by atoms with van der Waals surface area (Å²) in [6.07, 6.45) is 17.6. The number of Topliss-reactive ketones (excluding diaryl/α,β-unsaturated/α-hetero) is 2. The average molecular weight is 419 g/mol. The monoisotopic (exact) mass is 418 g/mol. The Bertz CT molecular complexity index is 682. The van der Waals surface area contributed by atoms with Gasteiger partial charge in [-0.15, -0.1) is 0 Å². The van der Waals surface area contributed by atoms with E-state index in [1.54, 1.807) is 0 Å². The van der Waals surface area contributed by atoms with E-state index >= 15 is 0 Å². The van der Waals surface area contributed by atoms with Crippen molar-refractivity contribution in [3.8, 4) is 0 Å². The smallest absolute Gasteiger partial charge is 0.308 e. The van der Waals surface area contributed by atoms with Gasteiger partial charge >= 0.3 is 5.97 Å². The minimum absolute atomic E-state index is 0.0506. The molecule has 1 aliphatic carbocycles. The van der Waals surface area contributed by atoms with Crippen LogP contribution in [-0.4, -0.2) is 24.6 Å². The largest absolute Gasteiger partial charge is 0.492 e. The number of carbonyl (C=O) groups is 3. The van der Waals surface area contributed by atoms with Crippen molar-refractivity contribution in [3.05, 3.63) is 34.8 Å². The van der Waals surface area contributed by atoms with Crippen LogP contribution in [0.1, 0.15) is 97.8 Å². The number of rotatable bonds is 15. The van der Waals surface area contributed by atoms with Gasteiger partial charge in [0, 0.05) is 12.5 Å². The molecule has 1 aliphatic rings. The number of unbranched alkanes of at least 4 members (excludes halogenated alkanes) is 9. The SMILES string of the molecule is CCCC/C=C\CCCCCCCCCC1=C(OC(C)=O)C(=O)C(C)=C(OC)C1=O. The predicted molar refractivity (Wildman–Crippen MR) is 119 cm³/mol. The van der Waals surface area contributed by atoms with E-state index in [0.29, 0.717) is 6.42 Å². The Labute approximate surface area is 181 Å². The highest BCUT2D eigenvalue weighted by Gasteiger charge is 2.35. The maximum absolute atomic E-state index is 12.7. The van der Waals surface area contributed by atoms with E-state index in [-0.39, 0.29) is 28.4 Å². The van der Waals surface area contributed by atoms with E-state index in [0.717, 1.165) is 19.3 Å². The van der Waals surface area contributed by atoms with Crippen LogP contribution in [0.25, 0.3) is 0 Å². The molecule has 0 saturated carbocycles. The molecule has 5 nitrogen and oxygen atoms in total. The zero-order valence-corrected chi connectivity index (χ0v) is 19.2. The Kier molecular flexibility index (Phi) is 12.7. The minimum Gasteiger partial charge on any atom is -0.492 e. The van der Waals surface area contributed by atoms with Crippen LogP contribution in [0.4, 0.5) is 0 Å². The standard InChI is InChI=1S/C25H38O5/c1-5-6-7-8-9-10-11-12-13-14-15-16-17-18-21-23(28)24(29-4)19(2)22(27)25(21)30-20(3)26/h8-9H,5-7,10-18H2,1-4H3/b9-8-. The summed E-state index contributed by atoms with van der Waals surface area (Å²) in [5, 5.41) is 0. The van der Waals surface area contributed by atoms with Crippen LogP contribution in [-0.2, 0) is 23.9 Å². The number of carbonyl (C=O) groups excluding carboxylic acids is 3. The summed E-state index contributed by atoms with van der Waals surface area (Å²) in [7, 11) is 1.37. The van der Waals surface area contributed by atoms with E-state index in [1.807, 2.05) is 0 Å². The topological polar surface area (TPSA) is 69.7 Å². The Morgan fingerprint density at radius 2 is 1.40 bits per heavy atom. The highest BCUT2D eigenvalue weighted by atomic mass is 16.5. The van der Waals surface area contributed by atoms with E-state index in [9.17, 15) is 14.4 Å². The first-order valence-electron chi connectivity index (χ1n) is 11.3. The molecule has 0 aliphatic heterocycles. The van der Waals surface area contributed by atoms with Gasteiger partial charge in [0.1, 0.15) is 0 Å². The second-order valence-corrected chi connectivity index (χ2v) is 7.84. The summed E-state index contributed by atoms with van der Waals surface area (Å²) < 4.78 is 10.2. The zero-order valence-electron chi connectivity index (χ0n) is 19.2. The van der Waals surface area contributed by atoms with Gasteiger partial charge in [0.15, 0.2) is 11.5 Å². The van der Waals surface area contributed by atoms with Crippen molar-refractivity contribution >= 4 is 17.5 Å². The number of ether oxygens (including phenoxy) is 2. The molecule has 0 fully saturated rings. The van der Waals surface area contributed by atoms with Crippen LogP contribution in [0.2, 0.25) is 0 Å². The lowest BCUT2D eigenvalue weighted by Crippen LogP contribution is -2.26. The van der Waals surface area contributed by atoms with Gasteiger partial charge in [-0.2, -0.15) is 0 Å². The van der Waals surface area contributed by atoms with Crippen molar-refractivity contribution in [2.75, 3.05) is 7.11 Å². The summed E-state index contributed by atoms with van der Waals surface area (Å²) in [6, 6.07) is 0. The minimum atomic E-state index is -0.600. The van der Waals surface area contributed by atoms with Gasteiger partial charge in [0.2, 0.25) is 11.6 Å². The molecule has 0 spiro atoms. The van der Waals surface area contributed by atoms with Gasteiger partial charge in [0.25, 0.3) is 0 Å². The summed E-state index contributed by atoms with van der Waals surface area (Å²) in [5.41, 5.74) is 0.440. The lowest BCUT2D eigenvalue weighted by atomic mass is 9.90. The lowest BCUT2D eigenvalue weighted by molar-refractivity contribution is -0.140. The number of methoxy groups -OCH3 is 1. The number of ketones is 2. The van der Waals surface area contributed by atoms with E-state index < -0.39 is 11.8 Å². The molecule has 0 amide bonds. The Morgan fingerprint density at radius 3 is 1.97 bits per heavy atom. The normalized spacial score (nSPS) is 14.8. The van der Waals surface area contributed by atoms with Crippen LogP contribution >= 0.6 is 0 Å². The zero-order chi connectivity index (χ0) is 22.4. The molecule has 0 atom stereocenters. The first kappa shape index (κ1) is 25.9. The Morgan fingerprint density at radius 1 is 0.833 bits per heavy atom. The summed E-state index contributed by atoms with van der Waals surface area (Å²) in [6.45, 7) is 4.96. The van der Waals surface area contributed by atoms with Gasteiger partial charge < -0.3 is 9.47 Å². The molecule has 0 aromatic heterocycles. The fourth-order valence-electron chi connectivity index (χ4n) is 3.55. The number of allylic oxidation sites excluding steroid dienone is 4. The molecule has 0 N–H and O–H groups in total. The maximum atomic E-state index is 12.7.